The summed E-state index contributed by atoms with van der Waals surface area (Å²) in [6.07, 6.45) is 0.425. The molecule has 7 nitrogen and oxygen atoms in total. The van der Waals surface area contributed by atoms with Crippen LogP contribution in [0.5, 0.6) is 0 Å². The Morgan fingerprint density at radius 1 is 1.32 bits per heavy atom. The van der Waals surface area contributed by atoms with Crippen molar-refractivity contribution in [2.45, 2.75) is 32.6 Å². The summed E-state index contributed by atoms with van der Waals surface area (Å²) in [4.78, 5) is 47.2. The van der Waals surface area contributed by atoms with Crippen LogP contribution in [0.15, 0.2) is 29.1 Å². The van der Waals surface area contributed by atoms with Crippen LogP contribution in [0.25, 0.3) is 10.2 Å². The third-order valence-corrected chi connectivity index (χ3v) is 6.33. The van der Waals surface area contributed by atoms with E-state index in [1.807, 2.05) is 13.8 Å². The van der Waals surface area contributed by atoms with Crippen LogP contribution in [-0.4, -0.2) is 33.5 Å². The largest absolute Gasteiger partial charge is 0.481 e. The van der Waals surface area contributed by atoms with Crippen molar-refractivity contribution in [2.24, 2.45) is 0 Å². The quantitative estimate of drug-likeness (QED) is 0.705. The Bertz CT molecular complexity index is 1160. The predicted molar refractivity (Wildman–Crippen MR) is 107 cm³/mol. The number of anilines is 1. The highest BCUT2D eigenvalue weighted by molar-refractivity contribution is 7.18. The lowest BCUT2D eigenvalue weighted by Gasteiger charge is -2.17. The fraction of sp³-hybridized carbons (Fsp3) is 0.300. The van der Waals surface area contributed by atoms with Crippen molar-refractivity contribution < 1.29 is 14.7 Å². The second-order valence-corrected chi connectivity index (χ2v) is 8.13. The maximum atomic E-state index is 12.8. The number of hydrogen-bond acceptors (Lipinski definition) is 5. The highest BCUT2D eigenvalue weighted by Gasteiger charge is 2.36. The van der Waals surface area contributed by atoms with E-state index in [9.17, 15) is 19.5 Å². The van der Waals surface area contributed by atoms with Crippen LogP contribution < -0.4 is 10.5 Å². The molecule has 0 fully saturated rings. The molecule has 28 heavy (non-hydrogen) atoms. The number of carbonyl (C=O) groups is 2. The number of carbonyl (C=O) groups excluding carboxylic acids is 1. The summed E-state index contributed by atoms with van der Waals surface area (Å²) in [5.74, 6) is -1.37. The number of rotatable bonds is 4. The van der Waals surface area contributed by atoms with Crippen molar-refractivity contribution in [2.75, 3.05) is 11.4 Å². The second kappa shape index (κ2) is 6.87. The average Bonchev–Trinajstić information content (AvgIpc) is 3.18. The maximum absolute atomic E-state index is 12.8. The molecule has 1 atom stereocenters. The third kappa shape index (κ3) is 2.99. The number of thiophene rings is 1. The highest BCUT2D eigenvalue weighted by Crippen LogP contribution is 2.36. The number of amides is 1. The zero-order chi connectivity index (χ0) is 20.0. The van der Waals surface area contributed by atoms with E-state index in [-0.39, 0.29) is 30.9 Å². The van der Waals surface area contributed by atoms with Crippen LogP contribution in [0.2, 0.25) is 0 Å². The second-order valence-electron chi connectivity index (χ2n) is 6.93. The number of fused-ring (bicyclic) bond motifs is 2. The standard InChI is InChI=1S/C20H19N3O4S/c1-10-11(2)28-19-17(10)18(25)21-15(22-19)7-8-16(24)23-9-13(20(26)27)12-5-3-4-6-14(12)23/h3-6,13H,7-9H2,1-2H3,(H,26,27)(H,21,22,25). The van der Waals surface area contributed by atoms with E-state index in [1.165, 1.54) is 16.2 Å². The van der Waals surface area contributed by atoms with E-state index < -0.39 is 11.9 Å². The van der Waals surface area contributed by atoms with Gasteiger partial charge in [0.1, 0.15) is 16.6 Å². The van der Waals surface area contributed by atoms with Gasteiger partial charge in [-0.2, -0.15) is 0 Å². The number of H-pyrrole nitrogens is 1. The minimum Gasteiger partial charge on any atom is -0.481 e. The molecule has 1 unspecified atom stereocenters. The molecule has 0 saturated heterocycles. The van der Waals surface area contributed by atoms with Gasteiger partial charge in [-0.15, -0.1) is 11.3 Å². The van der Waals surface area contributed by atoms with E-state index in [0.29, 0.717) is 27.3 Å². The SMILES string of the molecule is Cc1sc2nc(CCC(=O)N3CC(C(=O)O)c4ccccc43)[nH]c(=O)c2c1C. The van der Waals surface area contributed by atoms with Crippen molar-refractivity contribution in [3.63, 3.8) is 0 Å². The Morgan fingerprint density at radius 3 is 2.82 bits per heavy atom. The number of aromatic nitrogens is 2. The van der Waals surface area contributed by atoms with Crippen LogP contribution in [0.1, 0.15) is 34.2 Å². The van der Waals surface area contributed by atoms with Crippen molar-refractivity contribution in [1.82, 2.24) is 9.97 Å². The number of nitrogens with zero attached hydrogens (tertiary/aromatic N) is 2. The van der Waals surface area contributed by atoms with Gasteiger partial charge in [-0.3, -0.25) is 14.4 Å². The van der Waals surface area contributed by atoms with Gasteiger partial charge in [-0.25, -0.2) is 4.98 Å². The number of benzene rings is 1. The molecular formula is C20H19N3O4S. The van der Waals surface area contributed by atoms with Gasteiger partial charge in [-0.05, 0) is 31.0 Å². The van der Waals surface area contributed by atoms with Crippen LogP contribution in [0, 0.1) is 13.8 Å². The molecule has 0 saturated carbocycles. The lowest BCUT2D eigenvalue weighted by molar-refractivity contribution is -0.138. The van der Waals surface area contributed by atoms with Gasteiger partial charge in [0, 0.05) is 30.0 Å². The van der Waals surface area contributed by atoms with Gasteiger partial charge >= 0.3 is 5.97 Å². The predicted octanol–water partition coefficient (Wildman–Crippen LogP) is 2.75. The molecule has 2 N–H and O–H groups in total. The number of hydrogen-bond donors (Lipinski definition) is 2. The molecule has 0 spiro atoms. The molecule has 0 aliphatic carbocycles. The molecule has 1 amide bonds. The number of aryl methyl sites for hydroxylation is 3. The van der Waals surface area contributed by atoms with E-state index in [0.717, 1.165) is 10.4 Å². The monoisotopic (exact) mass is 397 g/mol. The van der Waals surface area contributed by atoms with Crippen molar-refractivity contribution in [1.29, 1.82) is 0 Å². The number of nitrogens with one attached hydrogen (secondary N) is 1. The van der Waals surface area contributed by atoms with E-state index in [2.05, 4.69) is 9.97 Å². The topological polar surface area (TPSA) is 103 Å². The summed E-state index contributed by atoms with van der Waals surface area (Å²) in [5, 5.41) is 10.0. The molecular weight excluding hydrogens is 378 g/mol. The molecule has 4 rings (SSSR count). The molecule has 1 aliphatic rings. The van der Waals surface area contributed by atoms with E-state index in [1.54, 1.807) is 24.3 Å². The minimum atomic E-state index is -0.942. The Hall–Kier alpha value is -3.00. The van der Waals surface area contributed by atoms with Gasteiger partial charge in [0.25, 0.3) is 5.56 Å². The van der Waals surface area contributed by atoms with Crippen LogP contribution in [0.3, 0.4) is 0 Å². The number of carboxylic acid groups (broad SMARTS) is 1. The third-order valence-electron chi connectivity index (χ3n) is 5.23. The number of aliphatic carboxylic acids is 1. The summed E-state index contributed by atoms with van der Waals surface area (Å²) in [6, 6.07) is 7.07. The number of para-hydroxylation sites is 1. The lowest BCUT2D eigenvalue weighted by atomic mass is 10.0. The van der Waals surface area contributed by atoms with Crippen molar-refractivity contribution >= 4 is 39.1 Å². The van der Waals surface area contributed by atoms with E-state index >= 15 is 0 Å². The van der Waals surface area contributed by atoms with E-state index in [4.69, 9.17) is 0 Å². The molecule has 144 valence electrons. The fourth-order valence-corrected chi connectivity index (χ4v) is 4.68. The van der Waals surface area contributed by atoms with Gasteiger partial charge in [-0.1, -0.05) is 18.2 Å². The Balaban J connectivity index is 1.55. The molecule has 0 bridgehead atoms. The van der Waals surface area contributed by atoms with Crippen LogP contribution >= 0.6 is 11.3 Å². The van der Waals surface area contributed by atoms with Gasteiger partial charge in [0.2, 0.25) is 5.91 Å². The summed E-state index contributed by atoms with van der Waals surface area (Å²) >= 11 is 1.47. The lowest BCUT2D eigenvalue weighted by Crippen LogP contribution is -2.31. The first-order chi connectivity index (χ1) is 13.4. The Morgan fingerprint density at radius 2 is 2.07 bits per heavy atom. The highest BCUT2D eigenvalue weighted by atomic mass is 32.1. The zero-order valence-corrected chi connectivity index (χ0v) is 16.3. The molecule has 3 heterocycles. The zero-order valence-electron chi connectivity index (χ0n) is 15.5. The molecule has 1 aliphatic heterocycles. The van der Waals surface area contributed by atoms with Gasteiger partial charge in [0.05, 0.1) is 5.39 Å². The fourth-order valence-electron chi connectivity index (χ4n) is 3.63. The maximum Gasteiger partial charge on any atom is 0.312 e. The summed E-state index contributed by atoms with van der Waals surface area (Å²) in [6.45, 7) is 3.98. The van der Waals surface area contributed by atoms with Crippen LogP contribution in [-0.2, 0) is 16.0 Å². The summed E-state index contributed by atoms with van der Waals surface area (Å²) in [7, 11) is 0. The first-order valence-corrected chi connectivity index (χ1v) is 9.79. The minimum absolute atomic E-state index is 0.125. The molecule has 3 aromatic rings. The van der Waals surface area contributed by atoms with Crippen molar-refractivity contribution in [3.8, 4) is 0 Å². The summed E-state index contributed by atoms with van der Waals surface area (Å²) in [5.41, 5.74) is 2.04. The summed E-state index contributed by atoms with van der Waals surface area (Å²) < 4.78 is 0. The normalized spacial score (nSPS) is 15.8. The molecule has 8 heteroatoms. The Kier molecular flexibility index (Phi) is 4.50. The molecule has 2 aromatic heterocycles. The average molecular weight is 397 g/mol. The number of aromatic amines is 1. The number of carboxylic acids is 1. The first kappa shape index (κ1) is 18.4. The van der Waals surface area contributed by atoms with Crippen molar-refractivity contribution in [3.05, 3.63) is 56.4 Å². The van der Waals surface area contributed by atoms with Gasteiger partial charge < -0.3 is 15.0 Å². The Labute approximate surface area is 164 Å². The molecule has 1 aromatic carbocycles. The smallest absolute Gasteiger partial charge is 0.312 e. The first-order valence-electron chi connectivity index (χ1n) is 8.97. The van der Waals surface area contributed by atoms with Gasteiger partial charge in [0.15, 0.2) is 0 Å². The molecule has 0 radical (unpaired) electrons. The van der Waals surface area contributed by atoms with Crippen LogP contribution in [0.4, 0.5) is 5.69 Å².